The zero-order valence-electron chi connectivity index (χ0n) is 8.22. The predicted molar refractivity (Wildman–Crippen MR) is 48.2 cm³/mol. The minimum atomic E-state index is -0.283. The zero-order valence-corrected chi connectivity index (χ0v) is 8.22. The van der Waals surface area contributed by atoms with Crippen molar-refractivity contribution in [3.63, 3.8) is 0 Å². The second kappa shape index (κ2) is 6.42. The van der Waals surface area contributed by atoms with Crippen LogP contribution in [0.5, 0.6) is 0 Å². The van der Waals surface area contributed by atoms with Gasteiger partial charge in [0.2, 0.25) is 5.91 Å². The lowest BCUT2D eigenvalue weighted by Gasteiger charge is -2.10. The highest BCUT2D eigenvalue weighted by Gasteiger charge is 2.09. The van der Waals surface area contributed by atoms with E-state index in [1.54, 1.807) is 14.0 Å². The van der Waals surface area contributed by atoms with Gasteiger partial charge >= 0.3 is 5.97 Å². The van der Waals surface area contributed by atoms with Crippen LogP contribution in [0.1, 0.15) is 13.3 Å². The molecule has 5 nitrogen and oxygen atoms in total. The molecular formula is C8H16N2O3. The number of hydrogen-bond acceptors (Lipinski definition) is 4. The zero-order chi connectivity index (χ0) is 10.3. The predicted octanol–water partition coefficient (Wildman–Crippen LogP) is -0.726. The highest BCUT2D eigenvalue weighted by molar-refractivity contribution is 5.81. The Balaban J connectivity index is 3.53. The van der Waals surface area contributed by atoms with Gasteiger partial charge in [-0.3, -0.25) is 9.59 Å². The van der Waals surface area contributed by atoms with E-state index >= 15 is 0 Å². The topological polar surface area (TPSA) is 67.4 Å². The van der Waals surface area contributed by atoms with Gasteiger partial charge in [0.1, 0.15) is 0 Å². The summed E-state index contributed by atoms with van der Waals surface area (Å²) in [5.74, 6) is -0.374. The van der Waals surface area contributed by atoms with E-state index in [4.69, 9.17) is 0 Å². The molecule has 1 unspecified atom stereocenters. The molecule has 0 aromatic heterocycles. The van der Waals surface area contributed by atoms with Crippen LogP contribution in [-0.2, 0) is 14.3 Å². The first-order chi connectivity index (χ1) is 6.11. The summed E-state index contributed by atoms with van der Waals surface area (Å²) in [6, 6.07) is -0.283. The van der Waals surface area contributed by atoms with E-state index in [0.717, 1.165) is 0 Å². The third-order valence-corrected chi connectivity index (χ3v) is 1.65. The highest BCUT2D eigenvalue weighted by Crippen LogP contribution is 1.85. The second-order valence-electron chi connectivity index (χ2n) is 2.62. The maximum atomic E-state index is 11.0. The van der Waals surface area contributed by atoms with E-state index in [1.807, 2.05) is 0 Å². The first-order valence-corrected chi connectivity index (χ1v) is 4.13. The lowest BCUT2D eigenvalue weighted by molar-refractivity contribution is -0.140. The number of rotatable bonds is 5. The molecule has 0 fully saturated rings. The van der Waals surface area contributed by atoms with E-state index in [9.17, 15) is 9.59 Å². The molecule has 2 N–H and O–H groups in total. The summed E-state index contributed by atoms with van der Waals surface area (Å²) in [7, 11) is 2.91. The van der Waals surface area contributed by atoms with Crippen molar-refractivity contribution in [2.75, 3.05) is 20.7 Å². The van der Waals surface area contributed by atoms with Crippen molar-refractivity contribution in [3.8, 4) is 0 Å². The minimum Gasteiger partial charge on any atom is -0.469 e. The molecule has 0 radical (unpaired) electrons. The fourth-order valence-corrected chi connectivity index (χ4v) is 0.802. The van der Waals surface area contributed by atoms with Crippen LogP contribution >= 0.6 is 0 Å². The fraction of sp³-hybridized carbons (Fsp3) is 0.750. The van der Waals surface area contributed by atoms with Gasteiger partial charge in [-0.25, -0.2) is 0 Å². The Labute approximate surface area is 77.8 Å². The summed E-state index contributed by atoms with van der Waals surface area (Å²) in [5.41, 5.74) is 0. The van der Waals surface area contributed by atoms with Gasteiger partial charge in [-0.05, 0) is 6.92 Å². The van der Waals surface area contributed by atoms with Crippen LogP contribution in [0, 0.1) is 0 Å². The number of nitrogens with one attached hydrogen (secondary N) is 2. The summed E-state index contributed by atoms with van der Waals surface area (Å²) >= 11 is 0. The lowest BCUT2D eigenvalue weighted by Crippen LogP contribution is -2.41. The van der Waals surface area contributed by atoms with Crippen LogP contribution in [0.15, 0.2) is 0 Å². The van der Waals surface area contributed by atoms with Gasteiger partial charge in [-0.15, -0.1) is 0 Å². The fourth-order valence-electron chi connectivity index (χ4n) is 0.802. The first-order valence-electron chi connectivity index (χ1n) is 4.13. The average molecular weight is 188 g/mol. The van der Waals surface area contributed by atoms with Gasteiger partial charge in [0, 0.05) is 13.6 Å². The quantitative estimate of drug-likeness (QED) is 0.558. The molecule has 5 heteroatoms. The standard InChI is InChI=1S/C8H16N2O3/c1-6(8(12)9-2)10-5-4-7(11)13-3/h6,10H,4-5H2,1-3H3,(H,9,12). The molecule has 0 aliphatic rings. The first kappa shape index (κ1) is 11.9. The number of hydrogen-bond donors (Lipinski definition) is 2. The normalized spacial score (nSPS) is 11.9. The molecule has 0 heterocycles. The number of amides is 1. The van der Waals surface area contributed by atoms with Crippen molar-refractivity contribution in [1.29, 1.82) is 0 Å². The molecule has 13 heavy (non-hydrogen) atoms. The maximum Gasteiger partial charge on any atom is 0.306 e. The summed E-state index contributed by atoms with van der Waals surface area (Å²) in [6.07, 6.45) is 0.276. The lowest BCUT2D eigenvalue weighted by atomic mass is 10.3. The molecule has 1 atom stereocenters. The van der Waals surface area contributed by atoms with Gasteiger partial charge in [0.25, 0.3) is 0 Å². The molecule has 1 amide bonds. The van der Waals surface area contributed by atoms with E-state index in [-0.39, 0.29) is 24.3 Å². The third kappa shape index (κ3) is 5.19. The van der Waals surface area contributed by atoms with Gasteiger partial charge in [-0.2, -0.15) is 0 Å². The van der Waals surface area contributed by atoms with E-state index in [2.05, 4.69) is 15.4 Å². The van der Waals surface area contributed by atoms with Crippen LogP contribution < -0.4 is 10.6 Å². The summed E-state index contributed by atoms with van der Waals surface area (Å²) in [6.45, 7) is 2.18. The largest absolute Gasteiger partial charge is 0.469 e. The molecule has 76 valence electrons. The van der Waals surface area contributed by atoms with Crippen molar-refractivity contribution in [2.24, 2.45) is 0 Å². The summed E-state index contributed by atoms with van der Waals surface area (Å²) in [5, 5.41) is 5.38. The van der Waals surface area contributed by atoms with Crippen molar-refractivity contribution in [1.82, 2.24) is 10.6 Å². The summed E-state index contributed by atoms with van der Waals surface area (Å²) in [4.78, 5) is 21.6. The number of esters is 1. The maximum absolute atomic E-state index is 11.0. The van der Waals surface area contributed by atoms with Crippen LogP contribution in [0.25, 0.3) is 0 Å². The van der Waals surface area contributed by atoms with Crippen LogP contribution in [0.4, 0.5) is 0 Å². The Kier molecular flexibility index (Phi) is 5.88. The van der Waals surface area contributed by atoms with Crippen molar-refractivity contribution in [3.05, 3.63) is 0 Å². The molecular weight excluding hydrogens is 172 g/mol. The Morgan fingerprint density at radius 3 is 2.54 bits per heavy atom. The number of ether oxygens (including phenoxy) is 1. The average Bonchev–Trinajstić information content (AvgIpc) is 2.15. The van der Waals surface area contributed by atoms with Gasteiger partial charge < -0.3 is 15.4 Å². The highest BCUT2D eigenvalue weighted by atomic mass is 16.5. The number of carbonyl (C=O) groups excluding carboxylic acids is 2. The number of likely N-dealkylation sites (N-methyl/N-ethyl adjacent to an activating group) is 1. The molecule has 0 spiro atoms. The smallest absolute Gasteiger partial charge is 0.306 e. The summed E-state index contributed by atoms with van der Waals surface area (Å²) < 4.78 is 4.44. The van der Waals surface area contributed by atoms with E-state index in [1.165, 1.54) is 7.11 Å². The minimum absolute atomic E-state index is 0.0927. The van der Waals surface area contributed by atoms with Crippen LogP contribution in [-0.4, -0.2) is 38.6 Å². The van der Waals surface area contributed by atoms with Crippen molar-refractivity contribution in [2.45, 2.75) is 19.4 Å². The Hall–Kier alpha value is -1.10. The number of methoxy groups -OCH3 is 1. The Morgan fingerprint density at radius 1 is 1.46 bits per heavy atom. The van der Waals surface area contributed by atoms with Gasteiger partial charge in [-0.1, -0.05) is 0 Å². The molecule has 0 aliphatic heterocycles. The van der Waals surface area contributed by atoms with Crippen LogP contribution in [0.2, 0.25) is 0 Å². The Morgan fingerprint density at radius 2 is 2.08 bits per heavy atom. The Bertz CT molecular complexity index is 182. The van der Waals surface area contributed by atoms with E-state index in [0.29, 0.717) is 6.54 Å². The third-order valence-electron chi connectivity index (χ3n) is 1.65. The molecule has 0 bridgehead atoms. The van der Waals surface area contributed by atoms with Crippen molar-refractivity contribution >= 4 is 11.9 Å². The molecule has 0 rings (SSSR count). The molecule has 0 saturated carbocycles. The second-order valence-corrected chi connectivity index (χ2v) is 2.62. The van der Waals surface area contributed by atoms with Crippen molar-refractivity contribution < 1.29 is 14.3 Å². The molecule has 0 aromatic rings. The SMILES string of the molecule is CNC(=O)C(C)NCCC(=O)OC. The monoisotopic (exact) mass is 188 g/mol. The van der Waals surface area contributed by atoms with Crippen LogP contribution in [0.3, 0.4) is 0 Å². The molecule has 0 aromatic carbocycles. The molecule has 0 aliphatic carbocycles. The van der Waals surface area contributed by atoms with Gasteiger partial charge in [0.05, 0.1) is 19.6 Å². The van der Waals surface area contributed by atoms with E-state index < -0.39 is 0 Å². The van der Waals surface area contributed by atoms with Gasteiger partial charge in [0.15, 0.2) is 0 Å². The molecule has 0 saturated heterocycles. The number of carbonyl (C=O) groups is 2.